The van der Waals surface area contributed by atoms with Crippen LogP contribution in [0.2, 0.25) is 0 Å². The Bertz CT molecular complexity index is 270. The normalized spacial score (nSPS) is 20.1. The molecule has 0 radical (unpaired) electrons. The predicted molar refractivity (Wildman–Crippen MR) is 66.0 cm³/mol. The van der Waals surface area contributed by atoms with E-state index in [0.717, 1.165) is 31.7 Å². The zero-order valence-electron chi connectivity index (χ0n) is 8.37. The molecule has 4 nitrogen and oxygen atoms in total. The van der Waals surface area contributed by atoms with Gasteiger partial charge in [-0.3, -0.25) is 4.98 Å². The van der Waals surface area contributed by atoms with Gasteiger partial charge in [-0.15, -0.1) is 24.8 Å². The van der Waals surface area contributed by atoms with Crippen LogP contribution in [0.4, 0.5) is 5.82 Å². The molecule has 2 heterocycles. The van der Waals surface area contributed by atoms with Gasteiger partial charge in [-0.1, -0.05) is 0 Å². The van der Waals surface area contributed by atoms with E-state index in [4.69, 9.17) is 5.73 Å². The van der Waals surface area contributed by atoms with Crippen molar-refractivity contribution in [1.29, 1.82) is 0 Å². The number of piperidine rings is 1. The SMILES string of the molecule is Cl.Cl.N[C@H]1CCCN(c2cnccn2)C1. The molecular weight excluding hydrogens is 235 g/mol. The van der Waals surface area contributed by atoms with Crippen molar-refractivity contribution in [2.24, 2.45) is 5.73 Å². The summed E-state index contributed by atoms with van der Waals surface area (Å²) in [6, 6.07) is 0.288. The van der Waals surface area contributed by atoms with E-state index in [2.05, 4.69) is 14.9 Å². The Hall–Kier alpha value is -0.580. The Balaban J connectivity index is 0.000000980. The Kier molecular flexibility index (Phi) is 6.56. The van der Waals surface area contributed by atoms with Crippen LogP contribution < -0.4 is 10.6 Å². The van der Waals surface area contributed by atoms with Crippen LogP contribution in [-0.4, -0.2) is 29.1 Å². The molecule has 1 aromatic rings. The molecule has 1 atom stereocenters. The molecule has 0 spiro atoms. The van der Waals surface area contributed by atoms with Gasteiger partial charge in [0.15, 0.2) is 0 Å². The van der Waals surface area contributed by atoms with Crippen molar-refractivity contribution in [3.8, 4) is 0 Å². The molecule has 0 saturated carbocycles. The zero-order chi connectivity index (χ0) is 9.10. The van der Waals surface area contributed by atoms with Gasteiger partial charge in [0.25, 0.3) is 0 Å². The lowest BCUT2D eigenvalue weighted by molar-refractivity contribution is 0.503. The van der Waals surface area contributed by atoms with Crippen LogP contribution in [0.25, 0.3) is 0 Å². The van der Waals surface area contributed by atoms with E-state index in [1.165, 1.54) is 0 Å². The van der Waals surface area contributed by atoms with E-state index in [1.807, 2.05) is 0 Å². The number of hydrogen-bond acceptors (Lipinski definition) is 4. The van der Waals surface area contributed by atoms with E-state index in [9.17, 15) is 0 Å². The van der Waals surface area contributed by atoms with Crippen LogP contribution >= 0.6 is 24.8 Å². The quantitative estimate of drug-likeness (QED) is 0.816. The highest BCUT2D eigenvalue weighted by atomic mass is 35.5. The minimum atomic E-state index is 0. The Morgan fingerprint density at radius 2 is 2.13 bits per heavy atom. The third kappa shape index (κ3) is 3.81. The summed E-state index contributed by atoms with van der Waals surface area (Å²) in [5.74, 6) is 0.942. The summed E-state index contributed by atoms with van der Waals surface area (Å²) in [6.45, 7) is 1.95. The topological polar surface area (TPSA) is 55.0 Å². The Labute approximate surface area is 102 Å². The first-order chi connectivity index (χ1) is 6.36. The number of rotatable bonds is 1. The average molecular weight is 251 g/mol. The second kappa shape index (κ2) is 6.82. The second-order valence-electron chi connectivity index (χ2n) is 3.41. The maximum absolute atomic E-state index is 5.87. The van der Waals surface area contributed by atoms with Gasteiger partial charge in [-0.25, -0.2) is 4.98 Å². The molecule has 6 heteroatoms. The van der Waals surface area contributed by atoms with Crippen molar-refractivity contribution in [2.75, 3.05) is 18.0 Å². The summed E-state index contributed by atoms with van der Waals surface area (Å²) in [5.41, 5.74) is 5.87. The number of anilines is 1. The molecule has 0 amide bonds. The summed E-state index contributed by atoms with van der Waals surface area (Å²) in [4.78, 5) is 10.5. The van der Waals surface area contributed by atoms with Crippen molar-refractivity contribution < 1.29 is 0 Å². The standard InChI is InChI=1S/C9H14N4.2ClH/c10-8-2-1-5-13(7-8)9-6-11-3-4-12-9;;/h3-4,6,8H,1-2,5,7,10H2;2*1H/t8-;;/m0../s1. The molecule has 0 bridgehead atoms. The predicted octanol–water partition coefficient (Wildman–Crippen LogP) is 1.25. The highest BCUT2D eigenvalue weighted by Gasteiger charge is 2.17. The molecule has 1 aliphatic rings. The summed E-state index contributed by atoms with van der Waals surface area (Å²) in [6.07, 6.45) is 7.47. The summed E-state index contributed by atoms with van der Waals surface area (Å²) in [5, 5.41) is 0. The van der Waals surface area contributed by atoms with Gasteiger partial charge in [0, 0.05) is 31.5 Å². The molecular formula is C9H16Cl2N4. The van der Waals surface area contributed by atoms with Crippen LogP contribution in [0.1, 0.15) is 12.8 Å². The van der Waals surface area contributed by atoms with Crippen LogP contribution in [-0.2, 0) is 0 Å². The fourth-order valence-electron chi connectivity index (χ4n) is 1.67. The maximum atomic E-state index is 5.87. The summed E-state index contributed by atoms with van der Waals surface area (Å²) >= 11 is 0. The van der Waals surface area contributed by atoms with Crippen LogP contribution in [0.5, 0.6) is 0 Å². The molecule has 0 unspecified atom stereocenters. The fraction of sp³-hybridized carbons (Fsp3) is 0.556. The number of halogens is 2. The molecule has 0 aromatic carbocycles. The number of aromatic nitrogens is 2. The van der Waals surface area contributed by atoms with Crippen molar-refractivity contribution in [2.45, 2.75) is 18.9 Å². The molecule has 2 rings (SSSR count). The first-order valence-electron chi connectivity index (χ1n) is 4.63. The Morgan fingerprint density at radius 3 is 2.73 bits per heavy atom. The summed E-state index contributed by atoms with van der Waals surface area (Å²) in [7, 11) is 0. The van der Waals surface area contributed by atoms with Gasteiger partial charge >= 0.3 is 0 Å². The zero-order valence-corrected chi connectivity index (χ0v) is 10.0. The minimum Gasteiger partial charge on any atom is -0.354 e. The molecule has 1 saturated heterocycles. The lowest BCUT2D eigenvalue weighted by Crippen LogP contribution is -2.43. The fourth-order valence-corrected chi connectivity index (χ4v) is 1.67. The third-order valence-electron chi connectivity index (χ3n) is 2.33. The molecule has 2 N–H and O–H groups in total. The van der Waals surface area contributed by atoms with E-state index in [-0.39, 0.29) is 30.9 Å². The van der Waals surface area contributed by atoms with E-state index in [1.54, 1.807) is 18.6 Å². The van der Waals surface area contributed by atoms with Crippen molar-refractivity contribution >= 4 is 30.6 Å². The van der Waals surface area contributed by atoms with Crippen molar-refractivity contribution in [3.63, 3.8) is 0 Å². The van der Waals surface area contributed by atoms with E-state index < -0.39 is 0 Å². The summed E-state index contributed by atoms with van der Waals surface area (Å²) < 4.78 is 0. The molecule has 86 valence electrons. The Morgan fingerprint density at radius 1 is 1.33 bits per heavy atom. The van der Waals surface area contributed by atoms with Gasteiger partial charge < -0.3 is 10.6 Å². The molecule has 15 heavy (non-hydrogen) atoms. The van der Waals surface area contributed by atoms with Gasteiger partial charge in [0.1, 0.15) is 5.82 Å². The third-order valence-corrected chi connectivity index (χ3v) is 2.33. The van der Waals surface area contributed by atoms with Crippen molar-refractivity contribution in [3.05, 3.63) is 18.6 Å². The average Bonchev–Trinajstić information content (AvgIpc) is 2.19. The first kappa shape index (κ1) is 14.4. The van der Waals surface area contributed by atoms with Crippen LogP contribution in [0.15, 0.2) is 18.6 Å². The number of nitrogens with zero attached hydrogens (tertiary/aromatic N) is 3. The van der Waals surface area contributed by atoms with Gasteiger partial charge in [0.2, 0.25) is 0 Å². The van der Waals surface area contributed by atoms with Gasteiger partial charge in [-0.05, 0) is 12.8 Å². The highest BCUT2D eigenvalue weighted by Crippen LogP contribution is 2.14. The van der Waals surface area contributed by atoms with E-state index in [0.29, 0.717) is 0 Å². The first-order valence-corrected chi connectivity index (χ1v) is 4.63. The van der Waals surface area contributed by atoms with Crippen LogP contribution in [0.3, 0.4) is 0 Å². The molecule has 0 aliphatic carbocycles. The lowest BCUT2D eigenvalue weighted by atomic mass is 10.1. The molecule has 1 aliphatic heterocycles. The number of nitrogens with two attached hydrogens (primary N) is 1. The van der Waals surface area contributed by atoms with Crippen LogP contribution in [0, 0.1) is 0 Å². The maximum Gasteiger partial charge on any atom is 0.147 e. The largest absolute Gasteiger partial charge is 0.354 e. The smallest absolute Gasteiger partial charge is 0.147 e. The monoisotopic (exact) mass is 250 g/mol. The lowest BCUT2D eigenvalue weighted by Gasteiger charge is -2.31. The van der Waals surface area contributed by atoms with Gasteiger partial charge in [-0.2, -0.15) is 0 Å². The minimum absolute atomic E-state index is 0. The molecule has 1 aromatic heterocycles. The van der Waals surface area contributed by atoms with Crippen molar-refractivity contribution in [1.82, 2.24) is 9.97 Å². The van der Waals surface area contributed by atoms with Gasteiger partial charge in [0.05, 0.1) is 6.20 Å². The highest BCUT2D eigenvalue weighted by molar-refractivity contribution is 5.85. The number of hydrogen-bond donors (Lipinski definition) is 1. The molecule has 1 fully saturated rings. The second-order valence-corrected chi connectivity index (χ2v) is 3.41. The van der Waals surface area contributed by atoms with E-state index >= 15 is 0 Å².